The van der Waals surface area contributed by atoms with Crippen molar-refractivity contribution in [2.45, 2.75) is 41.2 Å². The molecular formula is C17H27N3. The zero-order valence-electron chi connectivity index (χ0n) is 13.4. The molecule has 0 aliphatic carbocycles. The van der Waals surface area contributed by atoms with Crippen LogP contribution in [-0.4, -0.2) is 28.0 Å². The minimum atomic E-state index is 0.681. The molecule has 0 saturated heterocycles. The second-order valence-corrected chi connectivity index (χ2v) is 6.69. The molecule has 0 atom stereocenters. The van der Waals surface area contributed by atoms with E-state index in [-0.39, 0.29) is 0 Å². The summed E-state index contributed by atoms with van der Waals surface area (Å²) >= 11 is 0. The summed E-state index contributed by atoms with van der Waals surface area (Å²) in [7, 11) is 0. The van der Waals surface area contributed by atoms with Crippen LogP contribution in [-0.2, 0) is 6.54 Å². The van der Waals surface area contributed by atoms with E-state index in [1.807, 2.05) is 0 Å². The number of aromatic amines is 1. The third-order valence-electron chi connectivity index (χ3n) is 3.31. The van der Waals surface area contributed by atoms with Crippen molar-refractivity contribution in [1.29, 1.82) is 0 Å². The van der Waals surface area contributed by atoms with Crippen LogP contribution >= 0.6 is 0 Å². The van der Waals surface area contributed by atoms with Crippen LogP contribution in [0, 0.1) is 18.8 Å². The first-order chi connectivity index (χ1) is 9.44. The number of benzene rings is 1. The van der Waals surface area contributed by atoms with Crippen LogP contribution < -0.4 is 0 Å². The predicted octanol–water partition coefficient (Wildman–Crippen LogP) is 3.99. The maximum atomic E-state index is 4.71. The minimum Gasteiger partial charge on any atom is -0.341 e. The molecule has 0 aliphatic rings. The van der Waals surface area contributed by atoms with E-state index < -0.39 is 0 Å². The maximum absolute atomic E-state index is 4.71. The number of rotatable bonds is 6. The smallest absolute Gasteiger partial charge is 0.121 e. The highest BCUT2D eigenvalue weighted by Crippen LogP contribution is 2.15. The van der Waals surface area contributed by atoms with Crippen molar-refractivity contribution in [2.24, 2.45) is 11.8 Å². The van der Waals surface area contributed by atoms with E-state index in [0.29, 0.717) is 11.8 Å². The largest absolute Gasteiger partial charge is 0.341 e. The Labute approximate surface area is 122 Å². The van der Waals surface area contributed by atoms with Gasteiger partial charge in [0.25, 0.3) is 0 Å². The zero-order valence-corrected chi connectivity index (χ0v) is 13.4. The molecule has 20 heavy (non-hydrogen) atoms. The molecule has 0 bridgehead atoms. The van der Waals surface area contributed by atoms with Gasteiger partial charge in [0.05, 0.1) is 17.6 Å². The van der Waals surface area contributed by atoms with Crippen LogP contribution in [0.15, 0.2) is 18.2 Å². The molecule has 0 amide bonds. The predicted molar refractivity (Wildman–Crippen MR) is 85.8 cm³/mol. The van der Waals surface area contributed by atoms with Crippen molar-refractivity contribution in [2.75, 3.05) is 13.1 Å². The van der Waals surface area contributed by atoms with Gasteiger partial charge < -0.3 is 4.98 Å². The Balaban J connectivity index is 2.14. The second kappa shape index (κ2) is 6.40. The minimum absolute atomic E-state index is 0.681. The maximum Gasteiger partial charge on any atom is 0.121 e. The molecule has 110 valence electrons. The number of imidazole rings is 1. The lowest BCUT2D eigenvalue weighted by molar-refractivity contribution is 0.207. The molecular weight excluding hydrogens is 246 g/mol. The van der Waals surface area contributed by atoms with Crippen LogP contribution in [0.4, 0.5) is 0 Å². The Morgan fingerprint density at radius 1 is 1.10 bits per heavy atom. The SMILES string of the molecule is Cc1ccc2nc(CN(CC(C)C)CC(C)C)[nH]c2c1. The standard InChI is InChI=1S/C17H27N3/c1-12(2)9-20(10-13(3)4)11-17-18-15-7-6-14(5)8-16(15)19-17/h6-8,12-13H,9-11H2,1-5H3,(H,18,19). The molecule has 1 heterocycles. The summed E-state index contributed by atoms with van der Waals surface area (Å²) in [5, 5.41) is 0. The van der Waals surface area contributed by atoms with Crippen LogP contribution in [0.2, 0.25) is 0 Å². The average molecular weight is 273 g/mol. The van der Waals surface area contributed by atoms with Crippen LogP contribution in [0.3, 0.4) is 0 Å². The molecule has 1 N–H and O–H groups in total. The van der Waals surface area contributed by atoms with Gasteiger partial charge in [-0.25, -0.2) is 4.98 Å². The second-order valence-electron chi connectivity index (χ2n) is 6.69. The fourth-order valence-corrected chi connectivity index (χ4v) is 2.70. The summed E-state index contributed by atoms with van der Waals surface area (Å²) in [6.07, 6.45) is 0. The lowest BCUT2D eigenvalue weighted by Gasteiger charge is -2.25. The molecule has 3 nitrogen and oxygen atoms in total. The molecule has 0 saturated carbocycles. The Morgan fingerprint density at radius 2 is 1.75 bits per heavy atom. The van der Waals surface area contributed by atoms with Gasteiger partial charge in [-0.1, -0.05) is 33.8 Å². The first kappa shape index (κ1) is 15.0. The molecule has 1 aromatic heterocycles. The number of H-pyrrole nitrogens is 1. The molecule has 0 spiro atoms. The van der Waals surface area contributed by atoms with Gasteiger partial charge in [-0.15, -0.1) is 0 Å². The van der Waals surface area contributed by atoms with Crippen molar-refractivity contribution in [3.05, 3.63) is 29.6 Å². The number of hydrogen-bond acceptors (Lipinski definition) is 2. The Morgan fingerprint density at radius 3 is 2.35 bits per heavy atom. The normalized spacial score (nSPS) is 12.2. The van der Waals surface area contributed by atoms with Gasteiger partial charge in [-0.2, -0.15) is 0 Å². The quantitative estimate of drug-likeness (QED) is 0.863. The van der Waals surface area contributed by atoms with Gasteiger partial charge in [-0.05, 0) is 36.5 Å². The third-order valence-corrected chi connectivity index (χ3v) is 3.31. The molecule has 2 aromatic rings. The lowest BCUT2D eigenvalue weighted by Crippen LogP contribution is -2.31. The lowest BCUT2D eigenvalue weighted by atomic mass is 10.1. The number of fused-ring (bicyclic) bond motifs is 1. The van der Waals surface area contributed by atoms with Gasteiger partial charge in [-0.3, -0.25) is 4.90 Å². The Kier molecular flexibility index (Phi) is 4.81. The summed E-state index contributed by atoms with van der Waals surface area (Å²) in [5.41, 5.74) is 3.49. The number of aromatic nitrogens is 2. The average Bonchev–Trinajstić information content (AvgIpc) is 2.68. The van der Waals surface area contributed by atoms with E-state index >= 15 is 0 Å². The fraction of sp³-hybridized carbons (Fsp3) is 0.588. The number of nitrogens with one attached hydrogen (secondary N) is 1. The summed E-state index contributed by atoms with van der Waals surface area (Å²) in [4.78, 5) is 10.7. The van der Waals surface area contributed by atoms with E-state index in [2.05, 4.69) is 62.7 Å². The number of aryl methyl sites for hydroxylation is 1. The summed E-state index contributed by atoms with van der Waals surface area (Å²) in [5.74, 6) is 2.44. The molecule has 3 heteroatoms. The van der Waals surface area contributed by atoms with Crippen LogP contribution in [0.5, 0.6) is 0 Å². The summed E-state index contributed by atoms with van der Waals surface area (Å²) in [6, 6.07) is 6.38. The molecule has 0 aliphatic heterocycles. The van der Waals surface area contributed by atoms with Crippen LogP contribution in [0.1, 0.15) is 39.1 Å². The molecule has 0 radical (unpaired) electrons. The van der Waals surface area contributed by atoms with Gasteiger partial charge >= 0.3 is 0 Å². The first-order valence-electron chi connectivity index (χ1n) is 7.61. The van der Waals surface area contributed by atoms with Gasteiger partial charge in [0.15, 0.2) is 0 Å². The highest BCUT2D eigenvalue weighted by molar-refractivity contribution is 5.75. The van der Waals surface area contributed by atoms with E-state index in [4.69, 9.17) is 4.98 Å². The van der Waals surface area contributed by atoms with Crippen molar-refractivity contribution in [1.82, 2.24) is 14.9 Å². The topological polar surface area (TPSA) is 31.9 Å². The summed E-state index contributed by atoms with van der Waals surface area (Å²) < 4.78 is 0. The first-order valence-corrected chi connectivity index (χ1v) is 7.61. The van der Waals surface area contributed by atoms with Crippen LogP contribution in [0.25, 0.3) is 11.0 Å². The molecule has 0 unspecified atom stereocenters. The number of hydrogen-bond donors (Lipinski definition) is 1. The van der Waals surface area contributed by atoms with Crippen molar-refractivity contribution < 1.29 is 0 Å². The van der Waals surface area contributed by atoms with Crippen molar-refractivity contribution in [3.8, 4) is 0 Å². The monoisotopic (exact) mass is 273 g/mol. The molecule has 2 rings (SSSR count). The molecule has 0 fully saturated rings. The Bertz CT molecular complexity index is 544. The zero-order chi connectivity index (χ0) is 14.7. The van der Waals surface area contributed by atoms with E-state index in [1.165, 1.54) is 5.56 Å². The Hall–Kier alpha value is -1.35. The highest BCUT2D eigenvalue weighted by atomic mass is 15.1. The summed E-state index contributed by atoms with van der Waals surface area (Å²) in [6.45, 7) is 14.4. The van der Waals surface area contributed by atoms with Gasteiger partial charge in [0.2, 0.25) is 0 Å². The van der Waals surface area contributed by atoms with Gasteiger partial charge in [0, 0.05) is 13.1 Å². The molecule has 1 aromatic carbocycles. The highest BCUT2D eigenvalue weighted by Gasteiger charge is 2.12. The number of nitrogens with zero attached hydrogens (tertiary/aromatic N) is 2. The van der Waals surface area contributed by atoms with Crippen molar-refractivity contribution >= 4 is 11.0 Å². The third kappa shape index (κ3) is 4.07. The van der Waals surface area contributed by atoms with E-state index in [9.17, 15) is 0 Å². The van der Waals surface area contributed by atoms with E-state index in [0.717, 1.165) is 36.5 Å². The fourth-order valence-electron chi connectivity index (χ4n) is 2.70. The van der Waals surface area contributed by atoms with E-state index in [1.54, 1.807) is 0 Å². The van der Waals surface area contributed by atoms with Gasteiger partial charge in [0.1, 0.15) is 5.82 Å². The van der Waals surface area contributed by atoms with Crippen molar-refractivity contribution in [3.63, 3.8) is 0 Å².